The zero-order chi connectivity index (χ0) is 6.57. The fourth-order valence-corrected chi connectivity index (χ4v) is 0.432. The van der Waals surface area contributed by atoms with Gasteiger partial charge in [-0.15, -0.1) is 0 Å². The lowest BCUT2D eigenvalue weighted by molar-refractivity contribution is 0.254. The molecule has 0 bridgehead atoms. The second-order valence-electron chi connectivity index (χ2n) is 1.50. The molecular weight excluding hydrogens is 144 g/mol. The van der Waals surface area contributed by atoms with Crippen LogP contribution in [0.3, 0.4) is 0 Å². The maximum absolute atomic E-state index is 8.40. The van der Waals surface area contributed by atoms with Gasteiger partial charge < -0.3 is 10.2 Å². The van der Waals surface area contributed by atoms with Crippen LogP contribution < -0.4 is 0 Å². The zero-order valence-corrected chi connectivity index (χ0v) is 6.15. The van der Waals surface area contributed by atoms with Crippen LogP contribution in [0.2, 0.25) is 0 Å². The van der Waals surface area contributed by atoms with Crippen LogP contribution in [0.1, 0.15) is 0 Å². The highest BCUT2D eigenvalue weighted by atomic mass is 32.1. The normalized spacial score (nSPS) is 18.0. The molecule has 2 N–H and O–H groups in total. The number of hydrogen-bond donors (Lipinski definition) is 4. The third kappa shape index (κ3) is 2.81. The Balaban J connectivity index is 3.29. The van der Waals surface area contributed by atoms with E-state index in [-0.39, 0.29) is 23.7 Å². The van der Waals surface area contributed by atoms with Crippen molar-refractivity contribution in [2.45, 2.75) is 10.5 Å². The van der Waals surface area contributed by atoms with Crippen LogP contribution in [-0.4, -0.2) is 33.9 Å². The van der Waals surface area contributed by atoms with Crippen LogP contribution >= 0.6 is 25.3 Å². The van der Waals surface area contributed by atoms with Crippen LogP contribution in [0.15, 0.2) is 0 Å². The predicted molar refractivity (Wildman–Crippen MR) is 39.7 cm³/mol. The summed E-state index contributed by atoms with van der Waals surface area (Å²) in [5.74, 6) is 0. The lowest BCUT2D eigenvalue weighted by Gasteiger charge is -2.11. The van der Waals surface area contributed by atoms with Crippen molar-refractivity contribution in [1.82, 2.24) is 0 Å². The van der Waals surface area contributed by atoms with Gasteiger partial charge in [0, 0.05) is 10.5 Å². The molecule has 4 heteroatoms. The molecule has 2 atom stereocenters. The molecule has 8 heavy (non-hydrogen) atoms. The van der Waals surface area contributed by atoms with Crippen molar-refractivity contribution in [2.24, 2.45) is 0 Å². The molecule has 0 heterocycles. The maximum atomic E-state index is 8.40. The van der Waals surface area contributed by atoms with E-state index in [9.17, 15) is 0 Å². The highest BCUT2D eigenvalue weighted by Gasteiger charge is 2.10. The molecule has 0 aliphatic heterocycles. The molecule has 0 saturated carbocycles. The molecule has 0 saturated heterocycles. The molecule has 0 aromatic rings. The van der Waals surface area contributed by atoms with Crippen molar-refractivity contribution in [3.05, 3.63) is 0 Å². The monoisotopic (exact) mass is 154 g/mol. The first-order chi connectivity index (χ1) is 3.72. The molecule has 50 valence electrons. The van der Waals surface area contributed by atoms with E-state index in [2.05, 4.69) is 25.3 Å². The second-order valence-corrected chi connectivity index (χ2v) is 2.83. The quantitative estimate of drug-likeness (QED) is 0.417. The van der Waals surface area contributed by atoms with Crippen molar-refractivity contribution in [3.63, 3.8) is 0 Å². The Hall–Kier alpha value is 0.620. The van der Waals surface area contributed by atoms with Gasteiger partial charge in [-0.2, -0.15) is 25.3 Å². The topological polar surface area (TPSA) is 40.5 Å². The van der Waals surface area contributed by atoms with Gasteiger partial charge in [-0.25, -0.2) is 0 Å². The molecule has 0 aliphatic rings. The molecule has 0 amide bonds. The molecule has 0 aliphatic carbocycles. The predicted octanol–water partition coefficient (Wildman–Crippen LogP) is -0.432. The largest absolute Gasteiger partial charge is 0.395 e. The van der Waals surface area contributed by atoms with Gasteiger partial charge in [-0.3, -0.25) is 0 Å². The Morgan fingerprint density at radius 3 is 1.38 bits per heavy atom. The van der Waals surface area contributed by atoms with Crippen LogP contribution in [0.5, 0.6) is 0 Å². The molecule has 2 nitrogen and oxygen atoms in total. The van der Waals surface area contributed by atoms with Crippen LogP contribution in [0.25, 0.3) is 0 Å². The highest BCUT2D eigenvalue weighted by molar-refractivity contribution is 7.85. The van der Waals surface area contributed by atoms with Crippen molar-refractivity contribution in [3.8, 4) is 0 Å². The van der Waals surface area contributed by atoms with Crippen molar-refractivity contribution >= 4 is 25.3 Å². The van der Waals surface area contributed by atoms with Gasteiger partial charge in [0.15, 0.2) is 0 Å². The number of hydrogen-bond acceptors (Lipinski definition) is 4. The molecular formula is C4H10O2S2. The smallest absolute Gasteiger partial charge is 0.0559 e. The third-order valence-electron chi connectivity index (χ3n) is 0.818. The molecule has 0 spiro atoms. The van der Waals surface area contributed by atoms with E-state index in [0.717, 1.165) is 0 Å². The Kier molecular flexibility index (Phi) is 4.84. The molecule has 0 radical (unpaired) electrons. The summed E-state index contributed by atoms with van der Waals surface area (Å²) in [6.07, 6.45) is 0. The number of aliphatic hydroxyl groups excluding tert-OH is 2. The summed E-state index contributed by atoms with van der Waals surface area (Å²) in [4.78, 5) is 0. The first-order valence-corrected chi connectivity index (χ1v) is 3.33. The summed E-state index contributed by atoms with van der Waals surface area (Å²) in [6.45, 7) is -0.0876. The molecule has 0 unspecified atom stereocenters. The standard InChI is InChI=1S/C4H10O2S2/c5-1-3(7)4(8)2-6/h3-8H,1-2H2/t3-,4+. The van der Waals surface area contributed by atoms with Crippen LogP contribution in [-0.2, 0) is 0 Å². The van der Waals surface area contributed by atoms with E-state index in [4.69, 9.17) is 10.2 Å². The minimum absolute atomic E-state index is 0.0438. The second kappa shape index (κ2) is 4.49. The molecule has 0 aromatic heterocycles. The van der Waals surface area contributed by atoms with Gasteiger partial charge in [0.1, 0.15) is 0 Å². The first kappa shape index (κ1) is 8.62. The highest BCUT2D eigenvalue weighted by Crippen LogP contribution is 2.06. The van der Waals surface area contributed by atoms with E-state index < -0.39 is 0 Å². The first-order valence-electron chi connectivity index (χ1n) is 2.30. The van der Waals surface area contributed by atoms with E-state index in [1.807, 2.05) is 0 Å². The maximum Gasteiger partial charge on any atom is 0.0559 e. The fourth-order valence-electron chi connectivity index (χ4n) is 0.243. The van der Waals surface area contributed by atoms with Crippen molar-refractivity contribution < 1.29 is 10.2 Å². The average molecular weight is 154 g/mol. The molecule has 0 fully saturated rings. The van der Waals surface area contributed by atoms with E-state index in [0.29, 0.717) is 0 Å². The third-order valence-corrected chi connectivity index (χ3v) is 2.10. The van der Waals surface area contributed by atoms with Gasteiger partial charge in [-0.1, -0.05) is 0 Å². The summed E-state index contributed by atoms with van der Waals surface area (Å²) in [5.41, 5.74) is 0. The summed E-state index contributed by atoms with van der Waals surface area (Å²) in [6, 6.07) is 0. The lowest BCUT2D eigenvalue weighted by Crippen LogP contribution is -2.22. The Bertz CT molecular complexity index is 52.0. The number of thiol groups is 2. The minimum Gasteiger partial charge on any atom is -0.395 e. The molecule has 0 aromatic carbocycles. The van der Waals surface area contributed by atoms with Crippen molar-refractivity contribution in [1.29, 1.82) is 0 Å². The summed E-state index contributed by atoms with van der Waals surface area (Å²) >= 11 is 7.84. The molecule has 0 rings (SSSR count). The van der Waals surface area contributed by atoms with Gasteiger partial charge in [-0.05, 0) is 0 Å². The van der Waals surface area contributed by atoms with Gasteiger partial charge in [0.05, 0.1) is 13.2 Å². The summed E-state index contributed by atoms with van der Waals surface area (Å²) in [5, 5.41) is 16.4. The SMILES string of the molecule is OC[C@@H](S)[C@@H](S)CO. The fraction of sp³-hybridized carbons (Fsp3) is 1.00. The van der Waals surface area contributed by atoms with E-state index >= 15 is 0 Å². The van der Waals surface area contributed by atoms with Gasteiger partial charge in [0.25, 0.3) is 0 Å². The summed E-state index contributed by atoms with van der Waals surface area (Å²) in [7, 11) is 0. The Labute approximate surface area is 59.7 Å². The minimum atomic E-state index is -0.219. The Morgan fingerprint density at radius 1 is 1.00 bits per heavy atom. The van der Waals surface area contributed by atoms with E-state index in [1.165, 1.54) is 0 Å². The van der Waals surface area contributed by atoms with Crippen LogP contribution in [0, 0.1) is 0 Å². The van der Waals surface area contributed by atoms with Gasteiger partial charge in [0.2, 0.25) is 0 Å². The van der Waals surface area contributed by atoms with E-state index in [1.54, 1.807) is 0 Å². The lowest BCUT2D eigenvalue weighted by atomic mass is 10.3. The van der Waals surface area contributed by atoms with Crippen LogP contribution in [0.4, 0.5) is 0 Å². The zero-order valence-electron chi connectivity index (χ0n) is 4.36. The average Bonchev–Trinajstić information content (AvgIpc) is 1.84. The Morgan fingerprint density at radius 2 is 1.25 bits per heavy atom. The van der Waals surface area contributed by atoms with Crippen molar-refractivity contribution in [2.75, 3.05) is 13.2 Å². The number of rotatable bonds is 3. The summed E-state index contributed by atoms with van der Waals surface area (Å²) < 4.78 is 0. The van der Waals surface area contributed by atoms with Gasteiger partial charge >= 0.3 is 0 Å². The number of aliphatic hydroxyl groups is 2.